The van der Waals surface area contributed by atoms with Crippen LogP contribution in [0, 0.1) is 13.8 Å². The van der Waals surface area contributed by atoms with E-state index in [9.17, 15) is 4.79 Å². The smallest absolute Gasteiger partial charge is 0.262 e. The second-order valence-electron chi connectivity index (χ2n) is 6.76. The molecule has 0 aliphatic rings. The SMILES string of the molecule is Cc1ccc(NC(=O)COc2ccc(CNc3ccc(Br)cc3)cc2Cl)cc1C. The number of anilines is 2. The summed E-state index contributed by atoms with van der Waals surface area (Å²) in [4.78, 5) is 12.2. The molecule has 0 aliphatic carbocycles. The maximum atomic E-state index is 12.2. The summed E-state index contributed by atoms with van der Waals surface area (Å²) in [6.07, 6.45) is 0. The highest BCUT2D eigenvalue weighted by atomic mass is 79.9. The molecule has 0 heterocycles. The van der Waals surface area contributed by atoms with Crippen molar-refractivity contribution in [2.45, 2.75) is 20.4 Å². The molecule has 1 amide bonds. The lowest BCUT2D eigenvalue weighted by atomic mass is 10.1. The second kappa shape index (κ2) is 9.81. The van der Waals surface area contributed by atoms with Gasteiger partial charge in [-0.05, 0) is 79.1 Å². The lowest BCUT2D eigenvalue weighted by Gasteiger charge is -2.12. The van der Waals surface area contributed by atoms with E-state index in [2.05, 4.69) is 26.6 Å². The van der Waals surface area contributed by atoms with Crippen molar-refractivity contribution in [3.63, 3.8) is 0 Å². The normalized spacial score (nSPS) is 10.5. The van der Waals surface area contributed by atoms with Crippen LogP contribution in [0.4, 0.5) is 11.4 Å². The van der Waals surface area contributed by atoms with Crippen LogP contribution in [-0.4, -0.2) is 12.5 Å². The molecule has 29 heavy (non-hydrogen) atoms. The van der Waals surface area contributed by atoms with Gasteiger partial charge >= 0.3 is 0 Å². The van der Waals surface area contributed by atoms with Crippen molar-refractivity contribution in [1.82, 2.24) is 0 Å². The van der Waals surface area contributed by atoms with Crippen molar-refractivity contribution >= 4 is 44.8 Å². The number of amides is 1. The van der Waals surface area contributed by atoms with Crippen LogP contribution in [-0.2, 0) is 11.3 Å². The lowest BCUT2D eigenvalue weighted by Crippen LogP contribution is -2.20. The summed E-state index contributed by atoms with van der Waals surface area (Å²) in [7, 11) is 0. The van der Waals surface area contributed by atoms with Gasteiger partial charge in [0, 0.05) is 22.4 Å². The minimum atomic E-state index is -0.231. The standard InChI is InChI=1S/C23H22BrClN2O2/c1-15-3-7-20(11-16(15)2)27-23(28)14-29-22-10-4-17(12-21(22)25)13-26-19-8-5-18(24)6-9-19/h3-12,26H,13-14H2,1-2H3,(H,27,28). The molecule has 0 aliphatic heterocycles. The number of halogens is 2. The summed E-state index contributed by atoms with van der Waals surface area (Å²) in [5.74, 6) is 0.250. The van der Waals surface area contributed by atoms with Crippen molar-refractivity contribution in [2.75, 3.05) is 17.2 Å². The van der Waals surface area contributed by atoms with Gasteiger partial charge in [0.1, 0.15) is 5.75 Å². The van der Waals surface area contributed by atoms with Crippen LogP contribution in [0.25, 0.3) is 0 Å². The van der Waals surface area contributed by atoms with Gasteiger partial charge in [-0.1, -0.05) is 39.7 Å². The monoisotopic (exact) mass is 472 g/mol. The molecule has 4 nitrogen and oxygen atoms in total. The molecule has 0 radical (unpaired) electrons. The topological polar surface area (TPSA) is 50.4 Å². The van der Waals surface area contributed by atoms with Crippen molar-refractivity contribution in [3.05, 3.63) is 86.8 Å². The minimum absolute atomic E-state index is 0.108. The first kappa shape index (κ1) is 21.2. The van der Waals surface area contributed by atoms with Crippen LogP contribution in [0.5, 0.6) is 5.75 Å². The largest absolute Gasteiger partial charge is 0.482 e. The van der Waals surface area contributed by atoms with E-state index in [0.717, 1.165) is 27.0 Å². The molecule has 0 aromatic heterocycles. The maximum Gasteiger partial charge on any atom is 0.262 e. The highest BCUT2D eigenvalue weighted by Gasteiger charge is 2.08. The zero-order valence-electron chi connectivity index (χ0n) is 16.3. The van der Waals surface area contributed by atoms with Crippen LogP contribution < -0.4 is 15.4 Å². The summed E-state index contributed by atoms with van der Waals surface area (Å²) in [5.41, 5.74) is 5.10. The van der Waals surface area contributed by atoms with Crippen LogP contribution in [0.2, 0.25) is 5.02 Å². The third-order valence-electron chi connectivity index (χ3n) is 4.49. The predicted molar refractivity (Wildman–Crippen MR) is 123 cm³/mol. The number of carbonyl (C=O) groups excluding carboxylic acids is 1. The van der Waals surface area contributed by atoms with Crippen LogP contribution >= 0.6 is 27.5 Å². The van der Waals surface area contributed by atoms with E-state index in [1.807, 2.05) is 68.4 Å². The van der Waals surface area contributed by atoms with Gasteiger partial charge in [-0.3, -0.25) is 4.79 Å². The Morgan fingerprint density at radius 2 is 1.69 bits per heavy atom. The molecule has 0 spiro atoms. The Hall–Kier alpha value is -2.50. The van der Waals surface area contributed by atoms with E-state index >= 15 is 0 Å². The molecule has 0 fully saturated rings. The quantitative estimate of drug-likeness (QED) is 0.420. The first-order valence-electron chi connectivity index (χ1n) is 9.18. The van der Waals surface area contributed by atoms with E-state index in [4.69, 9.17) is 16.3 Å². The van der Waals surface area contributed by atoms with Crippen molar-refractivity contribution in [3.8, 4) is 5.75 Å². The molecule has 150 valence electrons. The third kappa shape index (κ3) is 6.24. The minimum Gasteiger partial charge on any atom is -0.482 e. The number of ether oxygens (including phenoxy) is 1. The fourth-order valence-corrected chi connectivity index (χ4v) is 3.22. The summed E-state index contributed by atoms with van der Waals surface area (Å²) < 4.78 is 6.62. The fourth-order valence-electron chi connectivity index (χ4n) is 2.70. The molecule has 0 unspecified atom stereocenters. The molecule has 0 bridgehead atoms. The summed E-state index contributed by atoms with van der Waals surface area (Å²) in [5, 5.41) is 6.64. The van der Waals surface area contributed by atoms with E-state index in [0.29, 0.717) is 17.3 Å². The summed E-state index contributed by atoms with van der Waals surface area (Å²) in [6.45, 7) is 4.57. The third-order valence-corrected chi connectivity index (χ3v) is 5.31. The van der Waals surface area contributed by atoms with Crippen LogP contribution in [0.15, 0.2) is 65.1 Å². The van der Waals surface area contributed by atoms with Gasteiger partial charge in [-0.15, -0.1) is 0 Å². The number of hydrogen-bond donors (Lipinski definition) is 2. The summed E-state index contributed by atoms with van der Waals surface area (Å²) in [6, 6.07) is 19.3. The van der Waals surface area contributed by atoms with E-state index < -0.39 is 0 Å². The Morgan fingerprint density at radius 3 is 2.38 bits per heavy atom. The maximum absolute atomic E-state index is 12.2. The zero-order chi connectivity index (χ0) is 20.8. The van der Waals surface area contributed by atoms with Crippen molar-refractivity contribution < 1.29 is 9.53 Å². The lowest BCUT2D eigenvalue weighted by molar-refractivity contribution is -0.118. The van der Waals surface area contributed by atoms with E-state index in [1.165, 1.54) is 5.56 Å². The Balaban J connectivity index is 1.52. The van der Waals surface area contributed by atoms with Gasteiger partial charge in [-0.25, -0.2) is 0 Å². The second-order valence-corrected chi connectivity index (χ2v) is 8.08. The van der Waals surface area contributed by atoms with Gasteiger partial charge in [0.15, 0.2) is 6.61 Å². The number of carbonyl (C=O) groups is 1. The van der Waals surface area contributed by atoms with Crippen molar-refractivity contribution in [1.29, 1.82) is 0 Å². The average Bonchev–Trinajstić information content (AvgIpc) is 2.69. The highest BCUT2D eigenvalue weighted by Crippen LogP contribution is 2.26. The fraction of sp³-hybridized carbons (Fsp3) is 0.174. The zero-order valence-corrected chi connectivity index (χ0v) is 18.6. The van der Waals surface area contributed by atoms with Gasteiger partial charge in [0.2, 0.25) is 0 Å². The highest BCUT2D eigenvalue weighted by molar-refractivity contribution is 9.10. The number of aryl methyl sites for hydroxylation is 2. The Labute approximate surface area is 184 Å². The van der Waals surface area contributed by atoms with Gasteiger partial charge in [0.25, 0.3) is 5.91 Å². The van der Waals surface area contributed by atoms with E-state index in [-0.39, 0.29) is 12.5 Å². The Kier molecular flexibility index (Phi) is 7.18. The van der Waals surface area contributed by atoms with Crippen LogP contribution in [0.3, 0.4) is 0 Å². The van der Waals surface area contributed by atoms with Crippen molar-refractivity contribution in [2.24, 2.45) is 0 Å². The molecule has 2 N–H and O–H groups in total. The van der Waals surface area contributed by atoms with E-state index in [1.54, 1.807) is 6.07 Å². The average molecular weight is 474 g/mol. The first-order valence-corrected chi connectivity index (χ1v) is 10.4. The number of rotatable bonds is 7. The Morgan fingerprint density at radius 1 is 0.966 bits per heavy atom. The van der Waals surface area contributed by atoms with Crippen LogP contribution in [0.1, 0.15) is 16.7 Å². The van der Waals surface area contributed by atoms with Gasteiger partial charge in [0.05, 0.1) is 5.02 Å². The molecular formula is C23H22BrClN2O2. The number of hydrogen-bond acceptors (Lipinski definition) is 3. The molecule has 3 aromatic rings. The summed E-state index contributed by atoms with van der Waals surface area (Å²) >= 11 is 9.74. The number of nitrogens with one attached hydrogen (secondary N) is 2. The Bertz CT molecular complexity index is 1010. The molecule has 6 heteroatoms. The molecule has 0 saturated heterocycles. The van der Waals surface area contributed by atoms with Gasteiger partial charge in [-0.2, -0.15) is 0 Å². The van der Waals surface area contributed by atoms with Gasteiger partial charge < -0.3 is 15.4 Å². The molecule has 3 rings (SSSR count). The first-order chi connectivity index (χ1) is 13.9. The number of benzene rings is 3. The molecular weight excluding hydrogens is 452 g/mol. The molecule has 0 atom stereocenters. The molecule has 3 aromatic carbocycles. The molecule has 0 saturated carbocycles. The predicted octanol–water partition coefficient (Wildman–Crippen LogP) is 6.35.